The Kier molecular flexibility index (Phi) is 5.98. The predicted molar refractivity (Wildman–Crippen MR) is 85.6 cm³/mol. The Hall–Kier alpha value is -2.34. The highest BCUT2D eigenvalue weighted by molar-refractivity contribution is 5.78. The zero-order valence-electron chi connectivity index (χ0n) is 13.5. The third-order valence-electron chi connectivity index (χ3n) is 3.90. The molecule has 3 nitrogen and oxygen atoms in total. The molecule has 0 bridgehead atoms. The molecule has 2 rings (SSSR count). The minimum absolute atomic E-state index is 0.0222. The molecule has 24 heavy (non-hydrogen) atoms. The average molecular weight is 336 g/mol. The van der Waals surface area contributed by atoms with Crippen molar-refractivity contribution in [3.63, 3.8) is 0 Å². The van der Waals surface area contributed by atoms with E-state index in [-0.39, 0.29) is 30.4 Å². The van der Waals surface area contributed by atoms with E-state index in [2.05, 4.69) is 5.32 Å². The second-order valence-electron chi connectivity index (χ2n) is 5.63. The van der Waals surface area contributed by atoms with Crippen LogP contribution in [0.2, 0.25) is 0 Å². The minimum atomic E-state index is -0.532. The molecule has 1 unspecified atom stereocenters. The molecule has 0 saturated carbocycles. The first-order chi connectivity index (χ1) is 11.4. The second kappa shape index (κ2) is 7.97. The van der Waals surface area contributed by atoms with Crippen LogP contribution in [0.5, 0.6) is 0 Å². The van der Waals surface area contributed by atoms with E-state index in [4.69, 9.17) is 0 Å². The maximum atomic E-state index is 13.8. The Morgan fingerprint density at radius 3 is 2.54 bits per heavy atom. The number of nitrogens with one attached hydrogen (secondary N) is 1. The maximum Gasteiger partial charge on any atom is 0.234 e. The molecule has 2 aromatic carbocycles. The van der Waals surface area contributed by atoms with E-state index < -0.39 is 17.7 Å². The van der Waals surface area contributed by atoms with Crippen LogP contribution in [-0.4, -0.2) is 24.4 Å². The van der Waals surface area contributed by atoms with Gasteiger partial charge in [0.15, 0.2) is 0 Å². The molecular formula is C18H19F3N2O. The number of hydrogen-bond acceptors (Lipinski definition) is 2. The third kappa shape index (κ3) is 4.58. The summed E-state index contributed by atoms with van der Waals surface area (Å²) in [5.74, 6) is -1.77. The SMILES string of the molecule is CC(c1cc(F)ccc1F)N(C)CC(=O)NCc1ccccc1F. The van der Waals surface area contributed by atoms with Gasteiger partial charge in [-0.25, -0.2) is 13.2 Å². The summed E-state index contributed by atoms with van der Waals surface area (Å²) < 4.78 is 40.6. The lowest BCUT2D eigenvalue weighted by Crippen LogP contribution is -2.36. The lowest BCUT2D eigenvalue weighted by atomic mass is 10.1. The van der Waals surface area contributed by atoms with Gasteiger partial charge in [0, 0.05) is 23.7 Å². The van der Waals surface area contributed by atoms with Crippen LogP contribution in [0.4, 0.5) is 13.2 Å². The van der Waals surface area contributed by atoms with E-state index in [1.807, 2.05) is 0 Å². The highest BCUT2D eigenvalue weighted by Crippen LogP contribution is 2.22. The van der Waals surface area contributed by atoms with E-state index in [1.54, 1.807) is 37.1 Å². The zero-order chi connectivity index (χ0) is 17.7. The molecule has 0 aliphatic heterocycles. The summed E-state index contributed by atoms with van der Waals surface area (Å²) in [5, 5.41) is 2.61. The topological polar surface area (TPSA) is 32.3 Å². The van der Waals surface area contributed by atoms with Crippen LogP contribution in [0.1, 0.15) is 24.1 Å². The van der Waals surface area contributed by atoms with Gasteiger partial charge in [0.05, 0.1) is 6.54 Å². The van der Waals surface area contributed by atoms with Crippen LogP contribution in [-0.2, 0) is 11.3 Å². The molecule has 2 aromatic rings. The molecule has 6 heteroatoms. The fraction of sp³-hybridized carbons (Fsp3) is 0.278. The van der Waals surface area contributed by atoms with Gasteiger partial charge >= 0.3 is 0 Å². The molecule has 1 amide bonds. The van der Waals surface area contributed by atoms with E-state index in [0.717, 1.165) is 18.2 Å². The van der Waals surface area contributed by atoms with Gasteiger partial charge in [-0.15, -0.1) is 0 Å². The van der Waals surface area contributed by atoms with Gasteiger partial charge < -0.3 is 5.32 Å². The van der Waals surface area contributed by atoms with Crippen molar-refractivity contribution in [1.82, 2.24) is 10.2 Å². The van der Waals surface area contributed by atoms with Crippen LogP contribution in [0.15, 0.2) is 42.5 Å². The number of benzene rings is 2. The average Bonchev–Trinajstić information content (AvgIpc) is 2.55. The first kappa shape index (κ1) is 18.0. The van der Waals surface area contributed by atoms with Crippen molar-refractivity contribution < 1.29 is 18.0 Å². The molecule has 1 atom stereocenters. The normalized spacial score (nSPS) is 12.2. The first-order valence-corrected chi connectivity index (χ1v) is 7.53. The van der Waals surface area contributed by atoms with Crippen molar-refractivity contribution >= 4 is 5.91 Å². The number of rotatable bonds is 6. The van der Waals surface area contributed by atoms with E-state index >= 15 is 0 Å². The Balaban J connectivity index is 1.93. The number of carbonyl (C=O) groups is 1. The van der Waals surface area contributed by atoms with Gasteiger partial charge in [-0.2, -0.15) is 0 Å². The van der Waals surface area contributed by atoms with Gasteiger partial charge in [0.2, 0.25) is 5.91 Å². The molecule has 0 radical (unpaired) electrons. The summed E-state index contributed by atoms with van der Waals surface area (Å²) in [7, 11) is 1.64. The van der Waals surface area contributed by atoms with Crippen LogP contribution in [0, 0.1) is 17.5 Å². The Bertz CT molecular complexity index is 721. The van der Waals surface area contributed by atoms with Crippen molar-refractivity contribution in [2.45, 2.75) is 19.5 Å². The summed E-state index contributed by atoms with van der Waals surface area (Å²) in [5.41, 5.74) is 0.567. The highest BCUT2D eigenvalue weighted by Gasteiger charge is 2.18. The first-order valence-electron chi connectivity index (χ1n) is 7.53. The summed E-state index contributed by atoms with van der Waals surface area (Å²) in [6.45, 7) is 1.73. The van der Waals surface area contributed by atoms with Gasteiger partial charge in [-0.05, 0) is 38.2 Å². The number of hydrogen-bond donors (Lipinski definition) is 1. The van der Waals surface area contributed by atoms with E-state index in [1.165, 1.54) is 6.07 Å². The molecule has 0 spiro atoms. The molecule has 0 saturated heterocycles. The van der Waals surface area contributed by atoms with Crippen LogP contribution in [0.3, 0.4) is 0 Å². The predicted octanol–water partition coefficient (Wildman–Crippen LogP) is 3.41. The van der Waals surface area contributed by atoms with Crippen molar-refractivity contribution in [3.05, 3.63) is 71.0 Å². The quantitative estimate of drug-likeness (QED) is 0.877. The summed E-state index contributed by atoms with van der Waals surface area (Å²) in [6, 6.07) is 8.91. The fourth-order valence-electron chi connectivity index (χ4n) is 2.33. The summed E-state index contributed by atoms with van der Waals surface area (Å²) in [4.78, 5) is 13.6. The standard InChI is InChI=1S/C18H19F3N2O/c1-12(15-9-14(19)7-8-17(15)21)23(2)11-18(24)22-10-13-5-3-4-6-16(13)20/h3-9,12H,10-11H2,1-2H3,(H,22,24). The monoisotopic (exact) mass is 336 g/mol. The lowest BCUT2D eigenvalue weighted by molar-refractivity contribution is -0.122. The third-order valence-corrected chi connectivity index (χ3v) is 3.90. The summed E-state index contributed by atoms with van der Waals surface area (Å²) >= 11 is 0. The molecule has 0 aliphatic carbocycles. The Morgan fingerprint density at radius 1 is 1.12 bits per heavy atom. The van der Waals surface area contributed by atoms with Crippen molar-refractivity contribution in [2.24, 2.45) is 0 Å². The van der Waals surface area contributed by atoms with Crippen LogP contribution < -0.4 is 5.32 Å². The van der Waals surface area contributed by atoms with Gasteiger partial charge in [0.1, 0.15) is 17.5 Å². The Labute approximate surface area is 139 Å². The molecular weight excluding hydrogens is 317 g/mol. The second-order valence-corrected chi connectivity index (χ2v) is 5.63. The van der Waals surface area contributed by atoms with Crippen molar-refractivity contribution in [1.29, 1.82) is 0 Å². The largest absolute Gasteiger partial charge is 0.351 e. The van der Waals surface area contributed by atoms with Crippen molar-refractivity contribution in [2.75, 3.05) is 13.6 Å². The molecule has 128 valence electrons. The lowest BCUT2D eigenvalue weighted by Gasteiger charge is -2.25. The fourth-order valence-corrected chi connectivity index (χ4v) is 2.33. The minimum Gasteiger partial charge on any atom is -0.351 e. The number of carbonyl (C=O) groups excluding carboxylic acids is 1. The number of amides is 1. The highest BCUT2D eigenvalue weighted by atomic mass is 19.1. The van der Waals surface area contributed by atoms with Gasteiger partial charge in [-0.3, -0.25) is 9.69 Å². The van der Waals surface area contributed by atoms with Crippen LogP contribution in [0.25, 0.3) is 0 Å². The smallest absolute Gasteiger partial charge is 0.234 e. The Morgan fingerprint density at radius 2 is 1.83 bits per heavy atom. The van der Waals surface area contributed by atoms with E-state index in [0.29, 0.717) is 5.56 Å². The number of likely N-dealkylation sites (N-methyl/N-ethyl adjacent to an activating group) is 1. The molecule has 0 aliphatic rings. The maximum absolute atomic E-state index is 13.8. The van der Waals surface area contributed by atoms with Crippen molar-refractivity contribution in [3.8, 4) is 0 Å². The molecule has 0 heterocycles. The molecule has 0 fully saturated rings. The summed E-state index contributed by atoms with van der Waals surface area (Å²) in [6.07, 6.45) is 0. The molecule has 0 aromatic heterocycles. The van der Waals surface area contributed by atoms with Gasteiger partial charge in [-0.1, -0.05) is 18.2 Å². The zero-order valence-corrected chi connectivity index (χ0v) is 13.5. The number of nitrogens with zero attached hydrogens (tertiary/aromatic N) is 1. The number of halogens is 3. The van der Waals surface area contributed by atoms with Crippen LogP contribution >= 0.6 is 0 Å². The van der Waals surface area contributed by atoms with E-state index in [9.17, 15) is 18.0 Å². The molecule has 1 N–H and O–H groups in total. The van der Waals surface area contributed by atoms with Gasteiger partial charge in [0.25, 0.3) is 0 Å².